The van der Waals surface area contributed by atoms with Crippen molar-refractivity contribution in [1.29, 1.82) is 5.26 Å². The van der Waals surface area contributed by atoms with Gasteiger partial charge in [-0.1, -0.05) is 59.9 Å². The van der Waals surface area contributed by atoms with E-state index in [1.54, 1.807) is 23.6 Å². The Kier molecular flexibility index (Phi) is 9.64. The summed E-state index contributed by atoms with van der Waals surface area (Å²) in [5, 5.41) is 11.1. The van der Waals surface area contributed by atoms with E-state index in [1.165, 1.54) is 22.7 Å². The van der Waals surface area contributed by atoms with Gasteiger partial charge >= 0.3 is 5.97 Å². The molecule has 0 saturated carbocycles. The lowest BCUT2D eigenvalue weighted by Crippen LogP contribution is -2.39. The SMILES string of the molecule is CCOC(=O)C1=C(c2ccccc2)N=c2s/c(=C\c3cc(I)cc(I)c3OCc3ccc(C#N)cc3)c(=O)n2[C@@H]1c1cccs1. The first-order valence-corrected chi connectivity index (χ1v) is 17.7. The predicted octanol–water partition coefficient (Wildman–Crippen LogP) is 6.66. The van der Waals surface area contributed by atoms with Gasteiger partial charge in [0, 0.05) is 19.6 Å². The van der Waals surface area contributed by atoms with Gasteiger partial charge < -0.3 is 9.47 Å². The van der Waals surface area contributed by atoms with Crippen molar-refractivity contribution in [2.75, 3.05) is 6.61 Å². The third-order valence-electron chi connectivity index (χ3n) is 6.98. The van der Waals surface area contributed by atoms with Gasteiger partial charge in [-0.15, -0.1) is 11.3 Å². The summed E-state index contributed by atoms with van der Waals surface area (Å²) in [4.78, 5) is 34.1. The maximum Gasteiger partial charge on any atom is 0.338 e. The number of hydrogen-bond acceptors (Lipinski definition) is 8. The minimum atomic E-state index is -0.694. The number of fused-ring (bicyclic) bond motifs is 1. The van der Waals surface area contributed by atoms with Crippen molar-refractivity contribution < 1.29 is 14.3 Å². The third-order valence-corrected chi connectivity index (χ3v) is 10.3. The second-order valence-electron chi connectivity index (χ2n) is 9.85. The number of benzene rings is 3. The lowest BCUT2D eigenvalue weighted by molar-refractivity contribution is -0.138. The highest BCUT2D eigenvalue weighted by molar-refractivity contribution is 14.1. The Bertz CT molecular complexity index is 2150. The number of thiophene rings is 1. The summed E-state index contributed by atoms with van der Waals surface area (Å²) in [7, 11) is 0. The number of aromatic nitrogens is 1. The maximum atomic E-state index is 14.3. The summed E-state index contributed by atoms with van der Waals surface area (Å²) in [6, 6.07) is 26.0. The van der Waals surface area contributed by atoms with Gasteiger partial charge in [-0.2, -0.15) is 5.26 Å². The second kappa shape index (κ2) is 13.8. The first-order chi connectivity index (χ1) is 21.9. The molecule has 1 atom stereocenters. The van der Waals surface area contributed by atoms with Gasteiger partial charge in [-0.25, -0.2) is 9.79 Å². The monoisotopic (exact) mass is 855 g/mol. The molecule has 224 valence electrons. The van der Waals surface area contributed by atoms with Crippen LogP contribution in [-0.4, -0.2) is 17.1 Å². The Hall–Kier alpha value is -3.58. The normalized spacial score (nSPS) is 14.4. The molecule has 45 heavy (non-hydrogen) atoms. The summed E-state index contributed by atoms with van der Waals surface area (Å²) in [5.41, 5.74) is 3.61. The van der Waals surface area contributed by atoms with Crippen LogP contribution in [0.4, 0.5) is 0 Å². The number of hydrogen-bond donors (Lipinski definition) is 0. The van der Waals surface area contributed by atoms with Gasteiger partial charge in [0.15, 0.2) is 4.80 Å². The van der Waals surface area contributed by atoms with Crippen molar-refractivity contribution in [3.05, 3.63) is 144 Å². The molecule has 1 aliphatic rings. The van der Waals surface area contributed by atoms with Crippen molar-refractivity contribution in [1.82, 2.24) is 4.57 Å². The topological polar surface area (TPSA) is 93.7 Å². The zero-order valence-electron chi connectivity index (χ0n) is 23.7. The van der Waals surface area contributed by atoms with Crippen molar-refractivity contribution in [2.24, 2.45) is 4.99 Å². The van der Waals surface area contributed by atoms with Crippen molar-refractivity contribution in [3.8, 4) is 11.8 Å². The third kappa shape index (κ3) is 6.55. The van der Waals surface area contributed by atoms with E-state index in [4.69, 9.17) is 19.7 Å². The fourth-order valence-corrected chi connectivity index (χ4v) is 8.83. The Labute approximate surface area is 294 Å². The Morgan fingerprint density at radius 3 is 2.56 bits per heavy atom. The van der Waals surface area contributed by atoms with Crippen molar-refractivity contribution in [3.63, 3.8) is 0 Å². The minimum absolute atomic E-state index is 0.197. The van der Waals surface area contributed by atoms with Crippen LogP contribution >= 0.6 is 67.9 Å². The Balaban J connectivity index is 1.51. The van der Waals surface area contributed by atoms with E-state index in [2.05, 4.69) is 51.3 Å². The molecule has 0 aliphatic carbocycles. The summed E-state index contributed by atoms with van der Waals surface area (Å²) >= 11 is 7.25. The fourth-order valence-electron chi connectivity index (χ4n) is 4.97. The molecule has 0 fully saturated rings. The molecule has 0 amide bonds. The lowest BCUT2D eigenvalue weighted by atomic mass is 9.97. The molecule has 0 radical (unpaired) electrons. The highest BCUT2D eigenvalue weighted by Crippen LogP contribution is 2.37. The maximum absolute atomic E-state index is 14.3. The van der Waals surface area contributed by atoms with E-state index in [0.717, 1.165) is 28.7 Å². The molecule has 11 heteroatoms. The van der Waals surface area contributed by atoms with Crippen LogP contribution in [0.3, 0.4) is 0 Å². The number of thiazole rings is 1. The molecule has 7 nitrogen and oxygen atoms in total. The number of halogens is 2. The van der Waals surface area contributed by atoms with Crippen LogP contribution in [-0.2, 0) is 16.1 Å². The Morgan fingerprint density at radius 1 is 1.09 bits per heavy atom. The molecular weight excluding hydrogens is 832 g/mol. The molecule has 0 saturated heterocycles. The highest BCUT2D eigenvalue weighted by atomic mass is 127. The molecule has 0 N–H and O–H groups in total. The van der Waals surface area contributed by atoms with Gasteiger partial charge in [0.05, 0.1) is 37.6 Å². The number of rotatable bonds is 8. The van der Waals surface area contributed by atoms with Gasteiger partial charge in [0.2, 0.25) is 0 Å². The second-order valence-corrected chi connectivity index (χ2v) is 14.2. The summed E-state index contributed by atoms with van der Waals surface area (Å²) in [5.74, 6) is 0.150. The average molecular weight is 856 g/mol. The molecule has 6 rings (SSSR count). The van der Waals surface area contributed by atoms with Gasteiger partial charge in [0.25, 0.3) is 5.56 Å². The molecule has 5 aromatic rings. The molecule has 3 aromatic carbocycles. The Morgan fingerprint density at radius 2 is 1.87 bits per heavy atom. The zero-order chi connectivity index (χ0) is 31.5. The summed E-state index contributed by atoms with van der Waals surface area (Å²) in [6.07, 6.45) is 1.84. The molecule has 3 heterocycles. The van der Waals surface area contributed by atoms with Crippen molar-refractivity contribution >= 4 is 85.6 Å². The number of carbonyl (C=O) groups excluding carboxylic acids is 1. The molecule has 0 bridgehead atoms. The molecule has 1 aliphatic heterocycles. The zero-order valence-corrected chi connectivity index (χ0v) is 29.6. The van der Waals surface area contributed by atoms with Crippen LogP contribution in [0.1, 0.15) is 40.1 Å². The smallest absolute Gasteiger partial charge is 0.338 e. The fraction of sp³-hybridized carbons (Fsp3) is 0.118. The molecule has 0 unspecified atom stereocenters. The van der Waals surface area contributed by atoms with E-state index >= 15 is 0 Å². The lowest BCUT2D eigenvalue weighted by Gasteiger charge is -2.24. The van der Waals surface area contributed by atoms with Crippen LogP contribution in [0.5, 0.6) is 5.75 Å². The van der Waals surface area contributed by atoms with Crippen molar-refractivity contribution in [2.45, 2.75) is 19.6 Å². The van der Waals surface area contributed by atoms with E-state index in [0.29, 0.717) is 38.5 Å². The van der Waals surface area contributed by atoms with Crippen LogP contribution in [0.15, 0.2) is 99.6 Å². The van der Waals surface area contributed by atoms with Crippen LogP contribution < -0.4 is 19.6 Å². The van der Waals surface area contributed by atoms with Crippen LogP contribution in [0.2, 0.25) is 0 Å². The summed E-state index contributed by atoms with van der Waals surface area (Å²) < 4.78 is 15.8. The van der Waals surface area contributed by atoms with E-state index in [-0.39, 0.29) is 12.2 Å². The number of nitriles is 1. The average Bonchev–Trinajstić information content (AvgIpc) is 3.69. The number of esters is 1. The van der Waals surface area contributed by atoms with Crippen LogP contribution in [0.25, 0.3) is 11.8 Å². The van der Waals surface area contributed by atoms with Gasteiger partial charge in [0.1, 0.15) is 18.4 Å². The standard InChI is InChI=1S/C34H23I2N3O4S2/c1-2-42-33(41)28-29(22-7-4-3-5-8-22)38-34-39(30(28)26-9-6-14-44-26)32(40)27(45-34)16-23-15-24(35)17-25(36)31(23)43-19-21-12-10-20(18-37)11-13-21/h3-17,30H,2,19H2,1H3/b27-16-/t30-/m1/s1. The first kappa shape index (κ1) is 31.4. The number of nitrogens with zero attached hydrogens (tertiary/aromatic N) is 3. The quantitative estimate of drug-likeness (QED) is 0.129. The van der Waals surface area contributed by atoms with E-state index in [1.807, 2.05) is 78.2 Å². The summed E-state index contributed by atoms with van der Waals surface area (Å²) in [6.45, 7) is 2.26. The minimum Gasteiger partial charge on any atom is -0.487 e. The first-order valence-electron chi connectivity index (χ1n) is 13.8. The predicted molar refractivity (Wildman–Crippen MR) is 193 cm³/mol. The van der Waals surface area contributed by atoms with Gasteiger partial charge in [-0.3, -0.25) is 9.36 Å². The van der Waals surface area contributed by atoms with E-state index < -0.39 is 12.0 Å². The number of ether oxygens (including phenoxy) is 2. The van der Waals surface area contributed by atoms with Crippen LogP contribution in [0, 0.1) is 18.5 Å². The molecule has 2 aromatic heterocycles. The molecule has 0 spiro atoms. The van der Waals surface area contributed by atoms with Gasteiger partial charge in [-0.05, 0) is 99.5 Å². The highest BCUT2D eigenvalue weighted by Gasteiger charge is 2.35. The van der Waals surface area contributed by atoms with E-state index in [9.17, 15) is 9.59 Å². The largest absolute Gasteiger partial charge is 0.487 e. The molecular formula is C34H23I2N3O4S2. The number of carbonyl (C=O) groups is 1.